The maximum atomic E-state index is 3.51. The van der Waals surface area contributed by atoms with Gasteiger partial charge in [-0.2, -0.15) is 0 Å². The van der Waals surface area contributed by atoms with E-state index in [0.29, 0.717) is 0 Å². The molecule has 1 aromatic rings. The van der Waals surface area contributed by atoms with Gasteiger partial charge in [0.05, 0.1) is 0 Å². The van der Waals surface area contributed by atoms with Gasteiger partial charge < -0.3 is 5.32 Å². The first-order chi connectivity index (χ1) is 5.92. The van der Waals surface area contributed by atoms with Gasteiger partial charge in [-0.05, 0) is 29.7 Å². The van der Waals surface area contributed by atoms with Gasteiger partial charge >= 0.3 is 0 Å². The molecule has 1 nitrogen and oxygen atoms in total. The van der Waals surface area contributed by atoms with Gasteiger partial charge in [-0.1, -0.05) is 34.1 Å². The average molecular weight is 226 g/mol. The summed E-state index contributed by atoms with van der Waals surface area (Å²) >= 11 is 3.51. The molecule has 2 heteroatoms. The number of rotatable bonds is 1. The Labute approximate surface area is 81.3 Å². The van der Waals surface area contributed by atoms with Gasteiger partial charge in [0.2, 0.25) is 0 Å². The Bertz CT molecular complexity index is 269. The fraction of sp³-hybridized carbons (Fsp3) is 0.400. The Morgan fingerprint density at radius 1 is 1.42 bits per heavy atom. The van der Waals surface area contributed by atoms with Crippen LogP contribution in [0.3, 0.4) is 0 Å². The lowest BCUT2D eigenvalue weighted by Crippen LogP contribution is -2.24. The number of alkyl halides is 1. The van der Waals surface area contributed by atoms with Crippen LogP contribution in [0.1, 0.15) is 16.7 Å². The van der Waals surface area contributed by atoms with E-state index in [1.165, 1.54) is 23.1 Å². The quantitative estimate of drug-likeness (QED) is 0.724. The highest BCUT2D eigenvalue weighted by Gasteiger charge is 2.10. The van der Waals surface area contributed by atoms with Crippen LogP contribution in [0.5, 0.6) is 0 Å². The summed E-state index contributed by atoms with van der Waals surface area (Å²) in [7, 11) is 0. The van der Waals surface area contributed by atoms with E-state index in [1.807, 2.05) is 0 Å². The van der Waals surface area contributed by atoms with Crippen molar-refractivity contribution in [1.29, 1.82) is 0 Å². The Morgan fingerprint density at radius 2 is 2.33 bits per heavy atom. The van der Waals surface area contributed by atoms with E-state index in [-0.39, 0.29) is 0 Å². The average Bonchev–Trinajstić information content (AvgIpc) is 2.17. The molecule has 1 heterocycles. The lowest BCUT2D eigenvalue weighted by molar-refractivity contribution is 0.640. The number of halogens is 1. The van der Waals surface area contributed by atoms with Crippen molar-refractivity contribution >= 4 is 15.9 Å². The Morgan fingerprint density at radius 3 is 3.17 bits per heavy atom. The third-order valence-electron chi connectivity index (χ3n) is 2.39. The van der Waals surface area contributed by atoms with Gasteiger partial charge in [0.15, 0.2) is 0 Å². The zero-order valence-corrected chi connectivity index (χ0v) is 8.52. The smallest absolute Gasteiger partial charge is 0.0286 e. The van der Waals surface area contributed by atoms with Crippen LogP contribution in [0.25, 0.3) is 0 Å². The predicted molar refractivity (Wildman–Crippen MR) is 54.5 cm³/mol. The first-order valence-corrected chi connectivity index (χ1v) is 5.40. The molecule has 1 aliphatic heterocycles. The molecule has 0 radical (unpaired) electrons. The van der Waals surface area contributed by atoms with E-state index < -0.39 is 0 Å². The summed E-state index contributed by atoms with van der Waals surface area (Å²) in [5.74, 6) is 0. The molecule has 0 atom stereocenters. The zero-order valence-electron chi connectivity index (χ0n) is 6.94. The van der Waals surface area contributed by atoms with Crippen LogP contribution in [-0.4, -0.2) is 6.54 Å². The van der Waals surface area contributed by atoms with E-state index in [9.17, 15) is 0 Å². The molecule has 1 N–H and O–H groups in total. The molecular weight excluding hydrogens is 214 g/mol. The minimum atomic E-state index is 0.970. The minimum absolute atomic E-state index is 0.970. The molecule has 0 unspecified atom stereocenters. The number of benzene rings is 1. The van der Waals surface area contributed by atoms with Crippen LogP contribution < -0.4 is 5.32 Å². The van der Waals surface area contributed by atoms with Crippen molar-refractivity contribution in [1.82, 2.24) is 5.32 Å². The van der Waals surface area contributed by atoms with Crippen LogP contribution in [0.15, 0.2) is 18.2 Å². The number of nitrogens with one attached hydrogen (secondary N) is 1. The van der Waals surface area contributed by atoms with Crippen molar-refractivity contribution in [2.75, 3.05) is 6.54 Å². The van der Waals surface area contributed by atoms with E-state index in [4.69, 9.17) is 0 Å². The first-order valence-electron chi connectivity index (χ1n) is 4.28. The molecule has 0 aliphatic carbocycles. The molecule has 12 heavy (non-hydrogen) atoms. The fourth-order valence-electron chi connectivity index (χ4n) is 1.71. The van der Waals surface area contributed by atoms with Crippen molar-refractivity contribution in [3.8, 4) is 0 Å². The second-order valence-electron chi connectivity index (χ2n) is 3.12. The third kappa shape index (κ3) is 1.41. The van der Waals surface area contributed by atoms with Gasteiger partial charge in [0, 0.05) is 11.9 Å². The third-order valence-corrected chi connectivity index (χ3v) is 2.99. The molecule has 0 saturated heterocycles. The van der Waals surface area contributed by atoms with E-state index in [1.54, 1.807) is 0 Å². The molecule has 0 aromatic heterocycles. The van der Waals surface area contributed by atoms with Crippen molar-refractivity contribution in [2.45, 2.75) is 18.3 Å². The fourth-order valence-corrected chi connectivity index (χ4v) is 2.24. The molecule has 1 aliphatic rings. The maximum absolute atomic E-state index is 3.51. The van der Waals surface area contributed by atoms with Crippen molar-refractivity contribution in [2.24, 2.45) is 0 Å². The van der Waals surface area contributed by atoms with Gasteiger partial charge in [-0.15, -0.1) is 0 Å². The monoisotopic (exact) mass is 225 g/mol. The van der Waals surface area contributed by atoms with Gasteiger partial charge in [-0.25, -0.2) is 0 Å². The zero-order chi connectivity index (χ0) is 8.39. The topological polar surface area (TPSA) is 12.0 Å². The summed E-state index contributed by atoms with van der Waals surface area (Å²) < 4.78 is 0. The lowest BCUT2D eigenvalue weighted by atomic mass is 9.97. The Kier molecular flexibility index (Phi) is 2.47. The standard InChI is InChI=1S/C10H12BrN/c11-6-9-3-1-2-8-4-5-12-7-10(8)9/h1-3,12H,4-7H2. The minimum Gasteiger partial charge on any atom is -0.312 e. The molecule has 0 amide bonds. The number of hydrogen-bond acceptors (Lipinski definition) is 1. The summed E-state index contributed by atoms with van der Waals surface area (Å²) in [6.45, 7) is 2.16. The number of fused-ring (bicyclic) bond motifs is 1. The molecule has 0 fully saturated rings. The predicted octanol–water partition coefficient (Wildman–Crippen LogP) is 2.23. The van der Waals surface area contributed by atoms with Crippen molar-refractivity contribution in [3.05, 3.63) is 34.9 Å². The van der Waals surface area contributed by atoms with Crippen LogP contribution in [0.2, 0.25) is 0 Å². The molecule has 1 aromatic carbocycles. The van der Waals surface area contributed by atoms with E-state index in [0.717, 1.165) is 18.4 Å². The molecule has 0 saturated carbocycles. The summed E-state index contributed by atoms with van der Waals surface area (Å²) in [5.41, 5.74) is 4.45. The van der Waals surface area contributed by atoms with E-state index in [2.05, 4.69) is 39.4 Å². The number of hydrogen-bond donors (Lipinski definition) is 1. The SMILES string of the molecule is BrCc1cccc2c1CNCC2. The normalized spacial score (nSPS) is 15.8. The highest BCUT2D eigenvalue weighted by Crippen LogP contribution is 2.20. The Hall–Kier alpha value is -0.340. The maximum Gasteiger partial charge on any atom is 0.0286 e. The van der Waals surface area contributed by atoms with Crippen molar-refractivity contribution < 1.29 is 0 Å². The Balaban J connectivity index is 2.44. The summed E-state index contributed by atoms with van der Waals surface area (Å²) in [5, 5.41) is 4.36. The largest absolute Gasteiger partial charge is 0.312 e. The van der Waals surface area contributed by atoms with Gasteiger partial charge in [0.1, 0.15) is 0 Å². The van der Waals surface area contributed by atoms with E-state index >= 15 is 0 Å². The lowest BCUT2D eigenvalue weighted by Gasteiger charge is -2.19. The highest BCUT2D eigenvalue weighted by molar-refractivity contribution is 9.08. The molecule has 2 rings (SSSR count). The summed E-state index contributed by atoms with van der Waals surface area (Å²) in [4.78, 5) is 0. The second-order valence-corrected chi connectivity index (χ2v) is 3.68. The molecular formula is C10H12BrN. The molecule has 0 spiro atoms. The highest BCUT2D eigenvalue weighted by atomic mass is 79.9. The molecule has 64 valence electrons. The summed E-state index contributed by atoms with van der Waals surface area (Å²) in [6, 6.07) is 6.59. The first kappa shape index (κ1) is 8.27. The van der Waals surface area contributed by atoms with Crippen molar-refractivity contribution in [3.63, 3.8) is 0 Å². The van der Waals surface area contributed by atoms with Crippen LogP contribution in [0, 0.1) is 0 Å². The van der Waals surface area contributed by atoms with Crippen LogP contribution in [0.4, 0.5) is 0 Å². The molecule has 0 bridgehead atoms. The van der Waals surface area contributed by atoms with Gasteiger partial charge in [-0.3, -0.25) is 0 Å². The van der Waals surface area contributed by atoms with Crippen LogP contribution in [-0.2, 0) is 18.3 Å². The summed E-state index contributed by atoms with van der Waals surface area (Å²) in [6.07, 6.45) is 1.18. The second kappa shape index (κ2) is 3.58. The van der Waals surface area contributed by atoms with Crippen LogP contribution >= 0.6 is 15.9 Å². The van der Waals surface area contributed by atoms with Gasteiger partial charge in [0.25, 0.3) is 0 Å².